The Morgan fingerprint density at radius 2 is 0.414 bits per heavy atom. The lowest BCUT2D eigenvalue weighted by Crippen LogP contribution is -2.28. The molecule has 0 aliphatic heterocycles. The first-order valence-corrected chi connectivity index (χ1v) is 23.2. The largest absolute Gasteiger partial charge is 0.508 e. The summed E-state index contributed by atoms with van der Waals surface area (Å²) in [5.74, 6) is 1.15. The summed E-state index contributed by atoms with van der Waals surface area (Å²) in [5.41, 5.74) is 10.1. The zero-order valence-corrected chi connectivity index (χ0v) is 38.9. The third-order valence-corrected chi connectivity index (χ3v) is 13.9. The van der Waals surface area contributed by atoms with Gasteiger partial charge < -0.3 is 40.9 Å². The van der Waals surface area contributed by atoms with Gasteiger partial charge in [-0.05, 0) is 165 Å². The van der Waals surface area contributed by atoms with Crippen molar-refractivity contribution in [3.63, 3.8) is 0 Å². The van der Waals surface area contributed by atoms with Gasteiger partial charge in [0.1, 0.15) is 46.0 Å². The summed E-state index contributed by atoms with van der Waals surface area (Å²) in [5, 5.41) is 85.4. The Bertz CT molecular complexity index is 2900. The molecule has 9 aromatic carbocycles. The summed E-state index contributed by atoms with van der Waals surface area (Å²) < 4.78 is 0. The van der Waals surface area contributed by atoms with Crippen LogP contribution >= 0.6 is 0 Å². The van der Waals surface area contributed by atoms with Gasteiger partial charge in [0.2, 0.25) is 0 Å². The highest BCUT2D eigenvalue weighted by Crippen LogP contribution is 2.46. The molecule has 0 spiro atoms. The molecule has 2 atom stereocenters. The highest BCUT2D eigenvalue weighted by Gasteiger charge is 2.36. The summed E-state index contributed by atoms with van der Waals surface area (Å²) in [6.07, 6.45) is 1.53. The van der Waals surface area contributed by atoms with Gasteiger partial charge in [-0.1, -0.05) is 121 Å². The van der Waals surface area contributed by atoms with E-state index < -0.39 is 10.8 Å². The number of rotatable bonds is 14. The van der Waals surface area contributed by atoms with Crippen molar-refractivity contribution in [3.05, 3.63) is 272 Å². The Hall–Kier alpha value is -8.62. The molecule has 8 heteroatoms. The minimum Gasteiger partial charge on any atom is -0.508 e. The van der Waals surface area contributed by atoms with E-state index in [-0.39, 0.29) is 46.0 Å². The van der Waals surface area contributed by atoms with Crippen molar-refractivity contribution >= 4 is 0 Å². The van der Waals surface area contributed by atoms with Crippen molar-refractivity contribution in [2.75, 3.05) is 0 Å². The van der Waals surface area contributed by atoms with Crippen molar-refractivity contribution in [1.82, 2.24) is 0 Å². The van der Waals surface area contributed by atoms with Crippen LogP contribution in [0, 0.1) is 0 Å². The molecule has 350 valence electrons. The van der Waals surface area contributed by atoms with E-state index in [9.17, 15) is 40.9 Å². The molecule has 0 saturated carbocycles. The van der Waals surface area contributed by atoms with E-state index in [0.29, 0.717) is 47.9 Å². The molecule has 0 heterocycles. The number of benzene rings is 9. The molecule has 8 N–H and O–H groups in total. The highest BCUT2D eigenvalue weighted by molar-refractivity contribution is 5.60. The molecule has 9 aromatic rings. The first-order chi connectivity index (χ1) is 33.6. The highest BCUT2D eigenvalue weighted by atomic mass is 16.3. The van der Waals surface area contributed by atoms with Crippen molar-refractivity contribution in [1.29, 1.82) is 0 Å². The molecule has 70 heavy (non-hydrogen) atoms. The standard InChI is InChI=1S/C62H54O8/c1-61(49-15-27-57(67)28-16-49,51-35-43(31-39-3-19-53(63)20-4-39)59(69)44(36-51)32-40-5-21-54(64)22-6-40)47-11-13-48(14-12-47)62(2,50-17-29-58(68)30-18-50)52-37-45(33-41-7-23-55(65)24-8-41)60(70)46(38-52)34-42-9-25-56(66)26-10-42/h3-30,35-38,63-70H,31-34H2,1-2H3. The van der Waals surface area contributed by atoms with Crippen LogP contribution < -0.4 is 0 Å². The molecule has 8 nitrogen and oxygen atoms in total. The summed E-state index contributed by atoms with van der Waals surface area (Å²) >= 11 is 0. The molecule has 0 aromatic heterocycles. The van der Waals surface area contributed by atoms with Crippen LogP contribution in [0.1, 0.15) is 91.7 Å². The van der Waals surface area contributed by atoms with Gasteiger partial charge in [-0.3, -0.25) is 0 Å². The predicted molar refractivity (Wildman–Crippen MR) is 274 cm³/mol. The third kappa shape index (κ3) is 9.58. The zero-order valence-electron chi connectivity index (χ0n) is 38.9. The number of hydrogen-bond donors (Lipinski definition) is 8. The number of aromatic hydroxyl groups is 8. The maximum absolute atomic E-state index is 12.0. The van der Waals surface area contributed by atoms with Crippen molar-refractivity contribution in [2.45, 2.75) is 50.4 Å². The molecule has 0 amide bonds. The van der Waals surface area contributed by atoms with E-state index in [2.05, 4.69) is 38.1 Å². The maximum atomic E-state index is 12.0. The Balaban J connectivity index is 1.21. The third-order valence-electron chi connectivity index (χ3n) is 13.9. The summed E-state index contributed by atoms with van der Waals surface area (Å²) in [7, 11) is 0. The van der Waals surface area contributed by atoms with Crippen LogP contribution in [0.3, 0.4) is 0 Å². The van der Waals surface area contributed by atoms with Gasteiger partial charge >= 0.3 is 0 Å². The van der Waals surface area contributed by atoms with E-state index in [4.69, 9.17) is 0 Å². The van der Waals surface area contributed by atoms with Gasteiger partial charge in [0.25, 0.3) is 0 Å². The van der Waals surface area contributed by atoms with Gasteiger partial charge in [0.05, 0.1) is 0 Å². The van der Waals surface area contributed by atoms with E-state index in [1.165, 1.54) is 0 Å². The monoisotopic (exact) mass is 926 g/mol. The van der Waals surface area contributed by atoms with E-state index in [1.807, 2.05) is 97.1 Å². The van der Waals surface area contributed by atoms with Crippen LogP contribution in [0.2, 0.25) is 0 Å². The fraction of sp³-hybridized carbons (Fsp3) is 0.129. The fourth-order valence-corrected chi connectivity index (χ4v) is 9.70. The Kier molecular flexibility index (Phi) is 12.7. The minimum absolute atomic E-state index is 0.126. The molecule has 9 rings (SSSR count). The van der Waals surface area contributed by atoms with Gasteiger partial charge in [-0.2, -0.15) is 0 Å². The average molecular weight is 927 g/mol. The molecule has 2 unspecified atom stereocenters. The van der Waals surface area contributed by atoms with Crippen molar-refractivity contribution in [2.24, 2.45) is 0 Å². The fourth-order valence-electron chi connectivity index (χ4n) is 9.70. The van der Waals surface area contributed by atoms with Gasteiger partial charge in [-0.25, -0.2) is 0 Å². The van der Waals surface area contributed by atoms with Crippen LogP contribution in [0.5, 0.6) is 46.0 Å². The van der Waals surface area contributed by atoms with E-state index in [1.54, 1.807) is 72.8 Å². The maximum Gasteiger partial charge on any atom is 0.122 e. The van der Waals surface area contributed by atoms with Gasteiger partial charge in [0.15, 0.2) is 0 Å². The molecule has 0 radical (unpaired) electrons. The normalized spacial score (nSPS) is 13.1. The minimum atomic E-state index is -0.852. The summed E-state index contributed by atoms with van der Waals surface area (Å²) in [4.78, 5) is 0. The second kappa shape index (κ2) is 19.2. The number of phenols is 8. The quantitative estimate of drug-likeness (QED) is 0.0500. The zero-order chi connectivity index (χ0) is 49.2. The Labute approximate surface area is 407 Å². The smallest absolute Gasteiger partial charge is 0.122 e. The topological polar surface area (TPSA) is 162 Å². The second-order valence-corrected chi connectivity index (χ2v) is 18.6. The Morgan fingerprint density at radius 1 is 0.243 bits per heavy atom. The number of phenolic OH excluding ortho intramolecular Hbond substituents is 8. The second-order valence-electron chi connectivity index (χ2n) is 18.6. The molecular weight excluding hydrogens is 873 g/mol. The lowest BCUT2D eigenvalue weighted by atomic mass is 9.67. The lowest BCUT2D eigenvalue weighted by molar-refractivity contribution is 0.461. The Morgan fingerprint density at radius 3 is 0.614 bits per heavy atom. The molecule has 0 saturated heterocycles. The average Bonchev–Trinajstić information content (AvgIpc) is 3.36. The van der Waals surface area contributed by atoms with Gasteiger partial charge in [0, 0.05) is 36.5 Å². The molecular formula is C62H54O8. The van der Waals surface area contributed by atoms with Crippen LogP contribution in [0.4, 0.5) is 0 Å². The molecule has 0 bridgehead atoms. The van der Waals surface area contributed by atoms with E-state index >= 15 is 0 Å². The number of hydrogen-bond acceptors (Lipinski definition) is 8. The summed E-state index contributed by atoms with van der Waals surface area (Å²) in [6, 6.07) is 58.7. The van der Waals surface area contributed by atoms with Crippen molar-refractivity contribution < 1.29 is 40.9 Å². The van der Waals surface area contributed by atoms with Crippen LogP contribution in [0.15, 0.2) is 194 Å². The summed E-state index contributed by atoms with van der Waals surface area (Å²) in [6.45, 7) is 4.28. The van der Waals surface area contributed by atoms with E-state index in [0.717, 1.165) is 55.6 Å². The molecule has 0 aliphatic rings. The van der Waals surface area contributed by atoms with Crippen molar-refractivity contribution in [3.8, 4) is 46.0 Å². The lowest BCUT2D eigenvalue weighted by Gasteiger charge is -2.36. The first-order valence-electron chi connectivity index (χ1n) is 23.2. The van der Waals surface area contributed by atoms with Crippen LogP contribution in [-0.2, 0) is 36.5 Å². The molecule has 0 fully saturated rings. The van der Waals surface area contributed by atoms with Gasteiger partial charge in [-0.15, -0.1) is 0 Å². The molecule has 0 aliphatic carbocycles. The van der Waals surface area contributed by atoms with Crippen LogP contribution in [-0.4, -0.2) is 40.9 Å². The SMILES string of the molecule is CC(c1ccc(O)cc1)(c1ccc(C(C)(c2ccc(O)cc2)c2cc(Cc3ccc(O)cc3)c(O)c(Cc3ccc(O)cc3)c2)cc1)c1cc(Cc2ccc(O)cc2)c(O)c(Cc2ccc(O)cc2)c1. The predicted octanol–water partition coefficient (Wildman–Crippen LogP) is 12.4. The first kappa shape index (κ1) is 46.5. The van der Waals surface area contributed by atoms with Crippen LogP contribution in [0.25, 0.3) is 0 Å².